The molecule has 1 aliphatic rings. The molecule has 2 rings (SSSR count). The standard InChI is InChI=1S/C13H12BrClF3NO/c14-9-4-7(9)5-11(20)19-6-13(17,18)8-2-1-3-10(15)12(8)16/h1-3,7,9H,4-6H2,(H,19,20). The number of amides is 1. The molecule has 2 nitrogen and oxygen atoms in total. The summed E-state index contributed by atoms with van der Waals surface area (Å²) in [7, 11) is 0. The van der Waals surface area contributed by atoms with Crippen LogP contribution in [0.5, 0.6) is 0 Å². The quantitative estimate of drug-likeness (QED) is 0.784. The molecule has 0 aliphatic heterocycles. The van der Waals surface area contributed by atoms with Crippen LogP contribution < -0.4 is 5.32 Å². The zero-order chi connectivity index (χ0) is 14.9. The minimum absolute atomic E-state index is 0.198. The van der Waals surface area contributed by atoms with E-state index < -0.39 is 29.8 Å². The molecule has 0 radical (unpaired) electrons. The molecule has 1 fully saturated rings. The van der Waals surface area contributed by atoms with E-state index in [0.717, 1.165) is 12.5 Å². The van der Waals surface area contributed by atoms with Gasteiger partial charge in [0.05, 0.1) is 17.1 Å². The van der Waals surface area contributed by atoms with Crippen LogP contribution in [0.3, 0.4) is 0 Å². The first-order valence-corrected chi connectivity index (χ1v) is 7.33. The predicted octanol–water partition coefficient (Wildman–Crippen LogP) is 3.86. The lowest BCUT2D eigenvalue weighted by Gasteiger charge is -2.18. The van der Waals surface area contributed by atoms with Gasteiger partial charge in [-0.1, -0.05) is 33.6 Å². The number of nitrogens with one attached hydrogen (secondary N) is 1. The number of halogens is 5. The Balaban J connectivity index is 1.96. The van der Waals surface area contributed by atoms with Crippen molar-refractivity contribution in [2.45, 2.75) is 23.6 Å². The maximum Gasteiger partial charge on any atom is 0.293 e. The van der Waals surface area contributed by atoms with E-state index in [1.54, 1.807) is 0 Å². The Hall–Kier alpha value is -0.750. The second-order valence-corrected chi connectivity index (χ2v) is 6.38. The molecule has 7 heteroatoms. The largest absolute Gasteiger partial charge is 0.350 e. The molecule has 1 aromatic rings. The van der Waals surface area contributed by atoms with Gasteiger partial charge in [0.1, 0.15) is 0 Å². The van der Waals surface area contributed by atoms with Crippen molar-refractivity contribution in [2.24, 2.45) is 5.92 Å². The maximum atomic E-state index is 13.9. The van der Waals surface area contributed by atoms with E-state index in [9.17, 15) is 18.0 Å². The van der Waals surface area contributed by atoms with Crippen LogP contribution in [0, 0.1) is 11.7 Å². The molecule has 0 bridgehead atoms. The molecule has 2 unspecified atom stereocenters. The summed E-state index contributed by atoms with van der Waals surface area (Å²) < 4.78 is 41.3. The highest BCUT2D eigenvalue weighted by Crippen LogP contribution is 2.40. The predicted molar refractivity (Wildman–Crippen MR) is 73.8 cm³/mol. The van der Waals surface area contributed by atoms with Crippen LogP contribution in [-0.2, 0) is 10.7 Å². The number of rotatable bonds is 5. The zero-order valence-electron chi connectivity index (χ0n) is 10.3. The van der Waals surface area contributed by atoms with Gasteiger partial charge in [0.15, 0.2) is 5.82 Å². The fourth-order valence-corrected chi connectivity index (χ4v) is 2.66. The normalized spacial score (nSPS) is 21.6. The number of hydrogen-bond donors (Lipinski definition) is 1. The van der Waals surface area contributed by atoms with Crippen molar-refractivity contribution < 1.29 is 18.0 Å². The molecule has 1 aliphatic carbocycles. The third-order valence-electron chi connectivity index (χ3n) is 3.14. The third-order valence-corrected chi connectivity index (χ3v) is 4.55. The Morgan fingerprint density at radius 1 is 1.50 bits per heavy atom. The minimum Gasteiger partial charge on any atom is -0.350 e. The summed E-state index contributed by atoms with van der Waals surface area (Å²) in [5, 5.41) is 1.77. The van der Waals surface area contributed by atoms with E-state index in [4.69, 9.17) is 11.6 Å². The first-order chi connectivity index (χ1) is 9.31. The van der Waals surface area contributed by atoms with Crippen LogP contribution >= 0.6 is 27.5 Å². The third kappa shape index (κ3) is 3.67. The zero-order valence-corrected chi connectivity index (χ0v) is 12.6. The number of alkyl halides is 3. The van der Waals surface area contributed by atoms with Gasteiger partial charge < -0.3 is 5.32 Å². The molecular formula is C13H12BrClF3NO. The number of benzene rings is 1. The van der Waals surface area contributed by atoms with Crippen LogP contribution in [0.4, 0.5) is 13.2 Å². The van der Waals surface area contributed by atoms with Gasteiger partial charge >= 0.3 is 0 Å². The fourth-order valence-electron chi connectivity index (χ4n) is 1.82. The topological polar surface area (TPSA) is 29.1 Å². The molecule has 0 aromatic heterocycles. The van der Waals surface area contributed by atoms with Crippen molar-refractivity contribution in [3.05, 3.63) is 34.6 Å². The Bertz CT molecular complexity index is 526. The highest BCUT2D eigenvalue weighted by Gasteiger charge is 2.38. The van der Waals surface area contributed by atoms with Gasteiger partial charge in [-0.15, -0.1) is 0 Å². The molecule has 1 saturated carbocycles. The average Bonchev–Trinajstić information content (AvgIpc) is 3.06. The summed E-state index contributed by atoms with van der Waals surface area (Å²) in [6.45, 7) is -0.942. The van der Waals surface area contributed by atoms with E-state index in [1.807, 2.05) is 0 Å². The summed E-state index contributed by atoms with van der Waals surface area (Å²) in [5.41, 5.74) is -0.810. The summed E-state index contributed by atoms with van der Waals surface area (Å²) in [4.78, 5) is 11.8. The molecule has 1 N–H and O–H groups in total. The number of hydrogen-bond acceptors (Lipinski definition) is 1. The van der Waals surface area contributed by atoms with E-state index in [-0.39, 0.29) is 17.4 Å². The van der Waals surface area contributed by atoms with Crippen molar-refractivity contribution in [2.75, 3.05) is 6.54 Å². The Morgan fingerprint density at radius 2 is 2.15 bits per heavy atom. The van der Waals surface area contributed by atoms with Gasteiger partial charge in [-0.25, -0.2) is 4.39 Å². The Kier molecular flexibility index (Phi) is 4.64. The van der Waals surface area contributed by atoms with E-state index >= 15 is 0 Å². The minimum atomic E-state index is -3.50. The SMILES string of the molecule is O=C(CC1CC1Br)NCC(F)(F)c1cccc(Cl)c1F. The summed E-state index contributed by atoms with van der Waals surface area (Å²) >= 11 is 8.80. The molecule has 1 aromatic carbocycles. The van der Waals surface area contributed by atoms with Crippen molar-refractivity contribution in [1.82, 2.24) is 5.32 Å². The summed E-state index contributed by atoms with van der Waals surface area (Å²) in [5.74, 6) is -4.91. The smallest absolute Gasteiger partial charge is 0.293 e. The van der Waals surface area contributed by atoms with Gasteiger partial charge in [-0.3, -0.25) is 4.79 Å². The van der Waals surface area contributed by atoms with Crippen molar-refractivity contribution in [3.63, 3.8) is 0 Å². The first kappa shape index (κ1) is 15.6. The van der Waals surface area contributed by atoms with Gasteiger partial charge in [-0.05, 0) is 24.5 Å². The number of carbonyl (C=O) groups excluding carboxylic acids is 1. The summed E-state index contributed by atoms with van der Waals surface area (Å²) in [6, 6.07) is 3.40. The van der Waals surface area contributed by atoms with Gasteiger partial charge in [-0.2, -0.15) is 8.78 Å². The van der Waals surface area contributed by atoms with Crippen LogP contribution in [0.15, 0.2) is 18.2 Å². The highest BCUT2D eigenvalue weighted by atomic mass is 79.9. The second-order valence-electron chi connectivity index (χ2n) is 4.80. The highest BCUT2D eigenvalue weighted by molar-refractivity contribution is 9.09. The molecule has 20 heavy (non-hydrogen) atoms. The lowest BCUT2D eigenvalue weighted by atomic mass is 10.1. The molecular weight excluding hydrogens is 358 g/mol. The van der Waals surface area contributed by atoms with Gasteiger partial charge in [0.2, 0.25) is 5.91 Å². The Labute approximate surface area is 127 Å². The van der Waals surface area contributed by atoms with Gasteiger partial charge in [0, 0.05) is 11.2 Å². The molecule has 0 heterocycles. The van der Waals surface area contributed by atoms with Crippen molar-refractivity contribution in [3.8, 4) is 0 Å². The van der Waals surface area contributed by atoms with Crippen LogP contribution in [0.25, 0.3) is 0 Å². The first-order valence-electron chi connectivity index (χ1n) is 6.04. The molecule has 0 spiro atoms. The Morgan fingerprint density at radius 3 is 2.75 bits per heavy atom. The fraction of sp³-hybridized carbons (Fsp3) is 0.462. The second kappa shape index (κ2) is 5.93. The van der Waals surface area contributed by atoms with Crippen molar-refractivity contribution in [1.29, 1.82) is 0 Å². The molecule has 1 amide bonds. The van der Waals surface area contributed by atoms with Crippen LogP contribution in [0.2, 0.25) is 5.02 Å². The number of carbonyl (C=O) groups is 1. The molecule has 2 atom stereocenters. The van der Waals surface area contributed by atoms with Crippen molar-refractivity contribution >= 4 is 33.4 Å². The lowest BCUT2D eigenvalue weighted by Crippen LogP contribution is -2.35. The van der Waals surface area contributed by atoms with E-state index in [0.29, 0.717) is 4.83 Å². The van der Waals surface area contributed by atoms with Crippen LogP contribution in [0.1, 0.15) is 18.4 Å². The van der Waals surface area contributed by atoms with E-state index in [2.05, 4.69) is 21.2 Å². The molecule has 0 saturated heterocycles. The maximum absolute atomic E-state index is 13.9. The van der Waals surface area contributed by atoms with Gasteiger partial charge in [0.25, 0.3) is 5.92 Å². The molecule has 110 valence electrons. The monoisotopic (exact) mass is 369 g/mol. The summed E-state index contributed by atoms with van der Waals surface area (Å²) in [6.07, 6.45) is 1.07. The van der Waals surface area contributed by atoms with Crippen LogP contribution in [-0.4, -0.2) is 17.3 Å². The van der Waals surface area contributed by atoms with E-state index in [1.165, 1.54) is 12.1 Å². The lowest BCUT2D eigenvalue weighted by molar-refractivity contribution is -0.123. The average molecular weight is 371 g/mol.